The maximum Gasteiger partial charge on any atom is 0.176 e. The number of aromatic nitrogens is 2. The molecule has 0 aliphatic carbocycles. The first-order valence-electron chi connectivity index (χ1n) is 8.69. The molecule has 0 spiro atoms. The van der Waals surface area contributed by atoms with Crippen LogP contribution in [0.25, 0.3) is 10.8 Å². The van der Waals surface area contributed by atoms with E-state index in [1.54, 1.807) is 12.4 Å². The highest BCUT2D eigenvalue weighted by Gasteiger charge is 2.03. The van der Waals surface area contributed by atoms with E-state index in [4.69, 9.17) is 0 Å². The maximum absolute atomic E-state index is 4.30. The molecule has 0 fully saturated rings. The Bertz CT molecular complexity index is 1050. The number of benzene rings is 3. The van der Waals surface area contributed by atoms with Crippen LogP contribution in [0.5, 0.6) is 0 Å². The topological polar surface area (TPSA) is 53.4 Å². The molecule has 0 aliphatic rings. The van der Waals surface area contributed by atoms with Gasteiger partial charge >= 0.3 is 0 Å². The average molecular weight is 353 g/mol. The summed E-state index contributed by atoms with van der Waals surface area (Å²) < 4.78 is 0. The SMILES string of the molecule is CN(c1ccccc1)c1ccc(C=NNc2nncc3ccccc23)cc1. The monoisotopic (exact) mass is 353 g/mol. The van der Waals surface area contributed by atoms with Gasteiger partial charge in [0.25, 0.3) is 0 Å². The second-order valence-electron chi connectivity index (χ2n) is 6.14. The van der Waals surface area contributed by atoms with Crippen molar-refractivity contribution in [2.45, 2.75) is 0 Å². The number of hydrogen-bond acceptors (Lipinski definition) is 5. The van der Waals surface area contributed by atoms with Gasteiger partial charge in [0, 0.05) is 29.2 Å². The van der Waals surface area contributed by atoms with Gasteiger partial charge in [-0.3, -0.25) is 5.43 Å². The fraction of sp³-hybridized carbons (Fsp3) is 0.0455. The largest absolute Gasteiger partial charge is 0.345 e. The standard InChI is InChI=1S/C22H19N5/c1-27(19-8-3-2-4-9-19)20-13-11-17(12-14-20)15-23-25-22-21-10-6-5-7-18(21)16-24-26-22/h2-16H,1H3,(H,25,26). The summed E-state index contributed by atoms with van der Waals surface area (Å²) in [5, 5.41) is 14.5. The molecule has 1 N–H and O–H groups in total. The molecule has 3 aromatic carbocycles. The van der Waals surface area contributed by atoms with Gasteiger partial charge in [-0.1, -0.05) is 54.6 Å². The number of anilines is 3. The van der Waals surface area contributed by atoms with Gasteiger partial charge in [0.05, 0.1) is 12.4 Å². The summed E-state index contributed by atoms with van der Waals surface area (Å²) >= 11 is 0. The van der Waals surface area contributed by atoms with Crippen LogP contribution in [0.4, 0.5) is 17.2 Å². The van der Waals surface area contributed by atoms with Crippen molar-refractivity contribution in [3.8, 4) is 0 Å². The lowest BCUT2D eigenvalue weighted by Crippen LogP contribution is -2.08. The minimum absolute atomic E-state index is 0.643. The van der Waals surface area contributed by atoms with Gasteiger partial charge in [0.2, 0.25) is 0 Å². The van der Waals surface area contributed by atoms with Crippen LogP contribution in [0, 0.1) is 0 Å². The second-order valence-corrected chi connectivity index (χ2v) is 6.14. The van der Waals surface area contributed by atoms with Gasteiger partial charge in [-0.25, -0.2) is 0 Å². The number of hydrogen-bond donors (Lipinski definition) is 1. The second kappa shape index (κ2) is 7.66. The van der Waals surface area contributed by atoms with Crippen LogP contribution < -0.4 is 10.3 Å². The zero-order valence-corrected chi connectivity index (χ0v) is 14.9. The van der Waals surface area contributed by atoms with E-state index in [1.165, 1.54) is 0 Å². The molecule has 1 aromatic heterocycles. The molecule has 1 heterocycles. The molecule has 0 bridgehead atoms. The number of hydrazone groups is 1. The molecule has 4 rings (SSSR count). The minimum Gasteiger partial charge on any atom is -0.345 e. The van der Waals surface area contributed by atoms with Crippen LogP contribution in [0.15, 0.2) is 90.2 Å². The van der Waals surface area contributed by atoms with Crippen LogP contribution >= 0.6 is 0 Å². The van der Waals surface area contributed by atoms with E-state index < -0.39 is 0 Å². The Morgan fingerprint density at radius 3 is 2.37 bits per heavy atom. The van der Waals surface area contributed by atoms with Gasteiger partial charge in [-0.2, -0.15) is 10.2 Å². The number of rotatable bonds is 5. The van der Waals surface area contributed by atoms with Gasteiger partial charge in [-0.15, -0.1) is 5.10 Å². The van der Waals surface area contributed by atoms with E-state index in [-0.39, 0.29) is 0 Å². The van der Waals surface area contributed by atoms with Gasteiger partial charge in [-0.05, 0) is 29.8 Å². The minimum atomic E-state index is 0.643. The van der Waals surface area contributed by atoms with Crippen LogP contribution in [0.2, 0.25) is 0 Å². The molecule has 132 valence electrons. The number of nitrogens with one attached hydrogen (secondary N) is 1. The molecule has 0 amide bonds. The van der Waals surface area contributed by atoms with E-state index in [1.807, 2.05) is 54.6 Å². The molecule has 0 saturated carbocycles. The zero-order chi connectivity index (χ0) is 18.5. The Morgan fingerprint density at radius 2 is 1.56 bits per heavy atom. The predicted octanol–water partition coefficient (Wildman–Crippen LogP) is 4.84. The predicted molar refractivity (Wildman–Crippen MR) is 112 cm³/mol. The summed E-state index contributed by atoms with van der Waals surface area (Å²) in [4.78, 5) is 2.14. The number of nitrogens with zero attached hydrogens (tertiary/aromatic N) is 4. The van der Waals surface area contributed by atoms with E-state index >= 15 is 0 Å². The highest BCUT2D eigenvalue weighted by atomic mass is 15.3. The summed E-state index contributed by atoms with van der Waals surface area (Å²) in [5.74, 6) is 0.643. The number of para-hydroxylation sites is 1. The Morgan fingerprint density at radius 1 is 0.852 bits per heavy atom. The summed E-state index contributed by atoms with van der Waals surface area (Å²) in [6, 6.07) is 26.4. The smallest absolute Gasteiger partial charge is 0.176 e. The fourth-order valence-electron chi connectivity index (χ4n) is 2.86. The zero-order valence-electron chi connectivity index (χ0n) is 14.9. The Balaban J connectivity index is 1.47. The third-order valence-electron chi connectivity index (χ3n) is 4.38. The Hall–Kier alpha value is -3.73. The third kappa shape index (κ3) is 3.77. The van der Waals surface area contributed by atoms with Crippen LogP contribution in [-0.4, -0.2) is 23.5 Å². The third-order valence-corrected chi connectivity index (χ3v) is 4.38. The summed E-state index contributed by atoms with van der Waals surface area (Å²) in [6.07, 6.45) is 3.52. The van der Waals surface area contributed by atoms with Crippen molar-refractivity contribution in [1.82, 2.24) is 10.2 Å². The molecule has 0 unspecified atom stereocenters. The normalized spacial score (nSPS) is 11.0. The molecule has 4 aromatic rings. The lowest BCUT2D eigenvalue weighted by Gasteiger charge is -2.19. The van der Waals surface area contributed by atoms with Crippen LogP contribution in [0.3, 0.4) is 0 Å². The summed E-state index contributed by atoms with van der Waals surface area (Å²) in [6.45, 7) is 0. The molecule has 0 aliphatic heterocycles. The highest BCUT2D eigenvalue weighted by molar-refractivity contribution is 5.91. The quantitative estimate of drug-likeness (QED) is 0.412. The lowest BCUT2D eigenvalue weighted by molar-refractivity contribution is 1.04. The fourth-order valence-corrected chi connectivity index (χ4v) is 2.86. The van der Waals surface area contributed by atoms with Crippen molar-refractivity contribution in [1.29, 1.82) is 0 Å². The maximum atomic E-state index is 4.30. The van der Waals surface area contributed by atoms with Crippen LogP contribution in [0.1, 0.15) is 5.56 Å². The first-order chi connectivity index (χ1) is 13.3. The average Bonchev–Trinajstić information content (AvgIpc) is 2.74. The molecule has 0 atom stereocenters. The van der Waals surface area contributed by atoms with Gasteiger partial charge in [0.15, 0.2) is 5.82 Å². The van der Waals surface area contributed by atoms with Gasteiger partial charge in [0.1, 0.15) is 0 Å². The molecule has 0 saturated heterocycles. The molecule has 5 nitrogen and oxygen atoms in total. The first kappa shape index (κ1) is 16.7. The van der Waals surface area contributed by atoms with E-state index in [2.05, 4.69) is 56.9 Å². The van der Waals surface area contributed by atoms with E-state index in [0.717, 1.165) is 27.7 Å². The van der Waals surface area contributed by atoms with Crippen molar-refractivity contribution >= 4 is 34.2 Å². The van der Waals surface area contributed by atoms with Crippen LogP contribution in [-0.2, 0) is 0 Å². The van der Waals surface area contributed by atoms with Crippen molar-refractivity contribution in [3.05, 3.63) is 90.6 Å². The Labute approximate surface area is 158 Å². The Kier molecular flexibility index (Phi) is 4.74. The molecule has 5 heteroatoms. The van der Waals surface area contributed by atoms with E-state index in [0.29, 0.717) is 5.82 Å². The number of fused-ring (bicyclic) bond motifs is 1. The molecular formula is C22H19N5. The van der Waals surface area contributed by atoms with Crippen molar-refractivity contribution in [3.63, 3.8) is 0 Å². The van der Waals surface area contributed by atoms with Crippen molar-refractivity contribution in [2.24, 2.45) is 5.10 Å². The lowest BCUT2D eigenvalue weighted by atomic mass is 10.2. The summed E-state index contributed by atoms with van der Waals surface area (Å²) in [7, 11) is 2.05. The molecule has 0 radical (unpaired) electrons. The molecular weight excluding hydrogens is 334 g/mol. The first-order valence-corrected chi connectivity index (χ1v) is 8.69. The molecule has 27 heavy (non-hydrogen) atoms. The highest BCUT2D eigenvalue weighted by Crippen LogP contribution is 2.23. The summed E-state index contributed by atoms with van der Waals surface area (Å²) in [5.41, 5.74) is 6.25. The van der Waals surface area contributed by atoms with E-state index in [9.17, 15) is 0 Å². The van der Waals surface area contributed by atoms with Crippen molar-refractivity contribution in [2.75, 3.05) is 17.4 Å². The van der Waals surface area contributed by atoms with Gasteiger partial charge < -0.3 is 4.90 Å². The van der Waals surface area contributed by atoms with Crippen molar-refractivity contribution < 1.29 is 0 Å².